The highest BCUT2D eigenvalue weighted by atomic mass is 79.9. The van der Waals surface area contributed by atoms with Crippen molar-refractivity contribution in [2.24, 2.45) is 5.92 Å². The van der Waals surface area contributed by atoms with Crippen molar-refractivity contribution in [2.45, 2.75) is 31.7 Å². The minimum Gasteiger partial charge on any atom is -0.338 e. The lowest BCUT2D eigenvalue weighted by Crippen LogP contribution is -2.43. The van der Waals surface area contributed by atoms with Gasteiger partial charge in [0, 0.05) is 23.6 Å². The van der Waals surface area contributed by atoms with Crippen LogP contribution in [0.2, 0.25) is 0 Å². The minimum absolute atomic E-state index is 0.194. The summed E-state index contributed by atoms with van der Waals surface area (Å²) in [4.78, 5) is 15.3. The SMILES string of the molecule is O=C(c1sccc1Br)N1CCC(C2CCCN2)CC1. The lowest BCUT2D eigenvalue weighted by molar-refractivity contribution is 0.0678. The van der Waals surface area contributed by atoms with Crippen molar-refractivity contribution in [1.29, 1.82) is 0 Å². The van der Waals surface area contributed by atoms with Gasteiger partial charge in [-0.2, -0.15) is 0 Å². The predicted molar refractivity (Wildman–Crippen MR) is 81.7 cm³/mol. The molecular formula is C14H19BrN2OS. The number of thiophene rings is 1. The fourth-order valence-electron chi connectivity index (χ4n) is 3.21. The van der Waals surface area contributed by atoms with Gasteiger partial charge in [0.2, 0.25) is 0 Å². The van der Waals surface area contributed by atoms with Gasteiger partial charge < -0.3 is 10.2 Å². The highest BCUT2D eigenvalue weighted by Crippen LogP contribution is 2.29. The molecule has 1 unspecified atom stereocenters. The third kappa shape index (κ3) is 2.88. The van der Waals surface area contributed by atoms with Crippen molar-refractivity contribution in [2.75, 3.05) is 19.6 Å². The molecule has 2 aliphatic heterocycles. The lowest BCUT2D eigenvalue weighted by Gasteiger charge is -2.34. The number of likely N-dealkylation sites (tertiary alicyclic amines) is 1. The van der Waals surface area contributed by atoms with Crippen molar-refractivity contribution < 1.29 is 4.79 Å². The molecule has 1 N–H and O–H groups in total. The zero-order valence-electron chi connectivity index (χ0n) is 10.9. The van der Waals surface area contributed by atoms with E-state index in [4.69, 9.17) is 0 Å². The summed E-state index contributed by atoms with van der Waals surface area (Å²) in [6.45, 7) is 2.99. The van der Waals surface area contributed by atoms with Crippen LogP contribution >= 0.6 is 27.3 Å². The Morgan fingerprint density at radius 3 is 2.74 bits per heavy atom. The first-order valence-electron chi connectivity index (χ1n) is 7.01. The molecule has 3 rings (SSSR count). The van der Waals surface area contributed by atoms with Crippen molar-refractivity contribution >= 4 is 33.2 Å². The number of amides is 1. The zero-order chi connectivity index (χ0) is 13.2. The van der Waals surface area contributed by atoms with E-state index >= 15 is 0 Å². The molecule has 0 aliphatic carbocycles. The number of rotatable bonds is 2. The smallest absolute Gasteiger partial charge is 0.265 e. The van der Waals surface area contributed by atoms with Gasteiger partial charge in [-0.1, -0.05) is 0 Å². The Kier molecular flexibility index (Phi) is 4.24. The predicted octanol–water partition coefficient (Wildman–Crippen LogP) is 3.11. The highest BCUT2D eigenvalue weighted by Gasteiger charge is 2.30. The number of nitrogens with zero attached hydrogens (tertiary/aromatic N) is 1. The Bertz CT molecular complexity index is 448. The molecule has 2 aliphatic rings. The molecule has 5 heteroatoms. The maximum atomic E-state index is 12.4. The lowest BCUT2D eigenvalue weighted by atomic mass is 9.88. The first-order chi connectivity index (χ1) is 9.25. The van der Waals surface area contributed by atoms with E-state index in [0.29, 0.717) is 6.04 Å². The van der Waals surface area contributed by atoms with E-state index in [0.717, 1.165) is 41.2 Å². The molecule has 2 fully saturated rings. The van der Waals surface area contributed by atoms with Gasteiger partial charge >= 0.3 is 0 Å². The van der Waals surface area contributed by atoms with E-state index in [1.54, 1.807) is 0 Å². The van der Waals surface area contributed by atoms with Crippen molar-refractivity contribution in [1.82, 2.24) is 10.2 Å². The topological polar surface area (TPSA) is 32.3 Å². The van der Waals surface area contributed by atoms with Crippen LogP contribution < -0.4 is 5.32 Å². The van der Waals surface area contributed by atoms with Gasteiger partial charge in [-0.05, 0) is 65.5 Å². The van der Waals surface area contributed by atoms with Crippen LogP contribution in [-0.2, 0) is 0 Å². The molecule has 1 aromatic heterocycles. The van der Waals surface area contributed by atoms with Gasteiger partial charge in [0.15, 0.2) is 0 Å². The Morgan fingerprint density at radius 2 is 2.16 bits per heavy atom. The first kappa shape index (κ1) is 13.6. The number of hydrogen-bond donors (Lipinski definition) is 1. The molecule has 0 bridgehead atoms. The number of hydrogen-bond acceptors (Lipinski definition) is 3. The van der Waals surface area contributed by atoms with Crippen molar-refractivity contribution in [3.05, 3.63) is 20.8 Å². The average Bonchev–Trinajstić information content (AvgIpc) is 3.09. The molecule has 104 valence electrons. The second kappa shape index (κ2) is 5.94. The van der Waals surface area contributed by atoms with Gasteiger partial charge in [0.1, 0.15) is 4.88 Å². The van der Waals surface area contributed by atoms with Crippen LogP contribution in [-0.4, -0.2) is 36.5 Å². The maximum Gasteiger partial charge on any atom is 0.265 e. The number of nitrogens with one attached hydrogen (secondary N) is 1. The van der Waals surface area contributed by atoms with Gasteiger partial charge in [0.05, 0.1) is 0 Å². The van der Waals surface area contributed by atoms with E-state index in [2.05, 4.69) is 21.2 Å². The fourth-order valence-corrected chi connectivity index (χ4v) is 4.72. The molecule has 0 saturated carbocycles. The molecule has 3 heterocycles. The Morgan fingerprint density at radius 1 is 1.37 bits per heavy atom. The molecule has 2 saturated heterocycles. The summed E-state index contributed by atoms with van der Waals surface area (Å²) >= 11 is 4.98. The Labute approximate surface area is 126 Å². The van der Waals surface area contributed by atoms with Crippen LogP contribution in [0.25, 0.3) is 0 Å². The normalized spacial score (nSPS) is 24.9. The molecule has 0 spiro atoms. The summed E-state index contributed by atoms with van der Waals surface area (Å²) in [5.41, 5.74) is 0. The van der Waals surface area contributed by atoms with Gasteiger partial charge in [-0.15, -0.1) is 11.3 Å². The third-order valence-electron chi connectivity index (χ3n) is 4.31. The second-order valence-electron chi connectivity index (χ2n) is 5.43. The van der Waals surface area contributed by atoms with Crippen LogP contribution in [0.4, 0.5) is 0 Å². The van der Waals surface area contributed by atoms with Gasteiger partial charge in [0.25, 0.3) is 5.91 Å². The van der Waals surface area contributed by atoms with Crippen molar-refractivity contribution in [3.8, 4) is 0 Å². The largest absolute Gasteiger partial charge is 0.338 e. The molecule has 1 aromatic rings. The van der Waals surface area contributed by atoms with Crippen LogP contribution in [0, 0.1) is 5.92 Å². The monoisotopic (exact) mass is 342 g/mol. The summed E-state index contributed by atoms with van der Waals surface area (Å²) < 4.78 is 0.932. The van der Waals surface area contributed by atoms with E-state index in [-0.39, 0.29) is 5.91 Å². The molecule has 1 amide bonds. The van der Waals surface area contributed by atoms with Crippen LogP contribution in [0.1, 0.15) is 35.4 Å². The van der Waals surface area contributed by atoms with Gasteiger partial charge in [-0.3, -0.25) is 4.79 Å². The first-order valence-corrected chi connectivity index (χ1v) is 8.68. The van der Waals surface area contributed by atoms with Gasteiger partial charge in [-0.25, -0.2) is 0 Å². The number of halogens is 1. The van der Waals surface area contributed by atoms with E-state index in [9.17, 15) is 4.79 Å². The van der Waals surface area contributed by atoms with E-state index in [1.165, 1.54) is 30.7 Å². The summed E-state index contributed by atoms with van der Waals surface area (Å²) in [5, 5.41) is 5.56. The zero-order valence-corrected chi connectivity index (χ0v) is 13.3. The minimum atomic E-state index is 0.194. The molecule has 0 radical (unpaired) electrons. The van der Waals surface area contributed by atoms with Crippen molar-refractivity contribution in [3.63, 3.8) is 0 Å². The van der Waals surface area contributed by atoms with E-state index in [1.807, 2.05) is 16.3 Å². The maximum absolute atomic E-state index is 12.4. The van der Waals surface area contributed by atoms with Crippen LogP contribution in [0.15, 0.2) is 15.9 Å². The van der Waals surface area contributed by atoms with Crippen LogP contribution in [0.5, 0.6) is 0 Å². The molecule has 3 nitrogen and oxygen atoms in total. The average molecular weight is 343 g/mol. The standard InChI is InChI=1S/C14H19BrN2OS/c15-11-5-9-19-13(11)14(18)17-7-3-10(4-8-17)12-2-1-6-16-12/h5,9-10,12,16H,1-4,6-8H2. The molecule has 19 heavy (non-hydrogen) atoms. The summed E-state index contributed by atoms with van der Waals surface area (Å²) in [6.07, 6.45) is 4.92. The molecule has 0 aromatic carbocycles. The molecular weight excluding hydrogens is 324 g/mol. The second-order valence-corrected chi connectivity index (χ2v) is 7.20. The van der Waals surface area contributed by atoms with Crippen LogP contribution in [0.3, 0.4) is 0 Å². The molecule has 1 atom stereocenters. The Balaban J connectivity index is 1.58. The number of piperidine rings is 1. The number of carbonyl (C=O) groups is 1. The summed E-state index contributed by atoms with van der Waals surface area (Å²) in [7, 11) is 0. The highest BCUT2D eigenvalue weighted by molar-refractivity contribution is 9.10. The quantitative estimate of drug-likeness (QED) is 0.895. The van der Waals surface area contributed by atoms with E-state index < -0.39 is 0 Å². The summed E-state index contributed by atoms with van der Waals surface area (Å²) in [6, 6.07) is 2.65. The summed E-state index contributed by atoms with van der Waals surface area (Å²) in [5.74, 6) is 0.957. The third-order valence-corrected chi connectivity index (χ3v) is 6.13. The fraction of sp³-hybridized carbons (Fsp3) is 0.643. The Hall–Kier alpha value is -0.390. The number of carbonyl (C=O) groups excluding carboxylic acids is 1.